The number of carbonyl (C=O) groups is 2. The van der Waals surface area contributed by atoms with E-state index in [0.717, 1.165) is 12.0 Å². The molecule has 5 heteroatoms. The minimum atomic E-state index is -0.528. The number of benzene rings is 1. The monoisotopic (exact) mass is 359 g/mol. The van der Waals surface area contributed by atoms with Gasteiger partial charge in [-0.2, -0.15) is 0 Å². The molecule has 2 atom stereocenters. The van der Waals surface area contributed by atoms with Gasteiger partial charge in [0.2, 0.25) is 0 Å². The van der Waals surface area contributed by atoms with E-state index in [0.29, 0.717) is 26.1 Å². The van der Waals surface area contributed by atoms with Crippen LogP contribution in [-0.4, -0.2) is 47.7 Å². The first-order chi connectivity index (χ1) is 12.3. The van der Waals surface area contributed by atoms with Crippen molar-refractivity contribution >= 4 is 11.9 Å². The molecule has 2 heterocycles. The molecule has 2 unspecified atom stereocenters. The number of rotatable bonds is 3. The highest BCUT2D eigenvalue weighted by Gasteiger charge is 2.45. The van der Waals surface area contributed by atoms with E-state index in [1.807, 2.05) is 45.0 Å². The van der Waals surface area contributed by atoms with Gasteiger partial charge in [0.15, 0.2) is 5.78 Å². The first-order valence-electron chi connectivity index (χ1n) is 9.50. The maximum atomic E-state index is 13.0. The molecular formula is C21H29NO4. The van der Waals surface area contributed by atoms with Crippen molar-refractivity contribution in [3.8, 4) is 0 Å². The van der Waals surface area contributed by atoms with Gasteiger partial charge in [0.1, 0.15) is 5.60 Å². The molecule has 0 aromatic heterocycles. The second kappa shape index (κ2) is 7.39. The number of morpholine rings is 1. The highest BCUT2D eigenvalue weighted by Crippen LogP contribution is 2.34. The fourth-order valence-electron chi connectivity index (χ4n) is 3.88. The fraction of sp³-hybridized carbons (Fsp3) is 0.619. The predicted octanol–water partition coefficient (Wildman–Crippen LogP) is 3.85. The van der Waals surface area contributed by atoms with E-state index in [1.165, 1.54) is 5.56 Å². The standard InChI is InChI=1S/C21H29NO4/c1-5-14-6-8-15(9-7-14)19(23)16-10-17-12-25-13-18(11-16)22(17)20(24)26-21(2,3)4/h6-9,16-18H,5,10-13H2,1-4H3. The van der Waals surface area contributed by atoms with Gasteiger partial charge in [0.25, 0.3) is 0 Å². The van der Waals surface area contributed by atoms with Crippen molar-refractivity contribution in [3.63, 3.8) is 0 Å². The van der Waals surface area contributed by atoms with Gasteiger partial charge in [0.05, 0.1) is 25.3 Å². The summed E-state index contributed by atoms with van der Waals surface area (Å²) in [6.07, 6.45) is 1.92. The summed E-state index contributed by atoms with van der Waals surface area (Å²) in [5, 5.41) is 0. The number of aryl methyl sites for hydroxylation is 1. The Bertz CT molecular complexity index is 648. The van der Waals surface area contributed by atoms with E-state index in [-0.39, 0.29) is 29.9 Å². The van der Waals surface area contributed by atoms with E-state index >= 15 is 0 Å². The number of nitrogens with zero attached hydrogens (tertiary/aromatic N) is 1. The fourth-order valence-corrected chi connectivity index (χ4v) is 3.88. The van der Waals surface area contributed by atoms with Gasteiger partial charge < -0.3 is 9.47 Å². The van der Waals surface area contributed by atoms with Crippen LogP contribution in [0.5, 0.6) is 0 Å². The zero-order valence-electron chi connectivity index (χ0n) is 16.2. The summed E-state index contributed by atoms with van der Waals surface area (Å²) in [6, 6.07) is 7.70. The molecule has 2 aliphatic rings. The predicted molar refractivity (Wildman–Crippen MR) is 99.3 cm³/mol. The van der Waals surface area contributed by atoms with Gasteiger partial charge in [0, 0.05) is 11.5 Å². The quantitative estimate of drug-likeness (QED) is 0.769. The van der Waals surface area contributed by atoms with Crippen LogP contribution in [0.15, 0.2) is 24.3 Å². The summed E-state index contributed by atoms with van der Waals surface area (Å²) in [6.45, 7) is 8.64. The Morgan fingerprint density at radius 2 is 1.69 bits per heavy atom. The molecule has 26 heavy (non-hydrogen) atoms. The second-order valence-electron chi connectivity index (χ2n) is 8.32. The first kappa shape index (κ1) is 18.9. The average molecular weight is 359 g/mol. The number of carbonyl (C=O) groups excluding carboxylic acids is 2. The third-order valence-corrected chi connectivity index (χ3v) is 5.14. The molecule has 0 spiro atoms. The summed E-state index contributed by atoms with van der Waals surface area (Å²) in [5.41, 5.74) is 1.46. The van der Waals surface area contributed by atoms with Crippen LogP contribution in [0.3, 0.4) is 0 Å². The number of amides is 1. The molecule has 0 aliphatic carbocycles. The molecule has 1 aromatic carbocycles. The third kappa shape index (κ3) is 4.09. The van der Waals surface area contributed by atoms with E-state index < -0.39 is 5.60 Å². The number of fused-ring (bicyclic) bond motifs is 2. The molecule has 5 nitrogen and oxygen atoms in total. The van der Waals surface area contributed by atoms with Crippen LogP contribution in [0.4, 0.5) is 4.79 Å². The topological polar surface area (TPSA) is 55.8 Å². The summed E-state index contributed by atoms with van der Waals surface area (Å²) < 4.78 is 11.2. The zero-order valence-corrected chi connectivity index (χ0v) is 16.2. The lowest BCUT2D eigenvalue weighted by molar-refractivity contribution is -0.0861. The Morgan fingerprint density at radius 3 is 2.19 bits per heavy atom. The molecule has 3 rings (SSSR count). The van der Waals surface area contributed by atoms with Crippen LogP contribution in [0, 0.1) is 5.92 Å². The van der Waals surface area contributed by atoms with Crippen LogP contribution < -0.4 is 0 Å². The Hall–Kier alpha value is -1.88. The highest BCUT2D eigenvalue weighted by molar-refractivity contribution is 5.98. The van der Waals surface area contributed by atoms with E-state index in [2.05, 4.69) is 6.92 Å². The van der Waals surface area contributed by atoms with Crippen molar-refractivity contribution in [1.29, 1.82) is 0 Å². The lowest BCUT2D eigenvalue weighted by atomic mass is 9.80. The number of Topliss-reactive ketones (excluding diaryl/α,β-unsaturated/α-hetero) is 1. The summed E-state index contributed by atoms with van der Waals surface area (Å²) in [4.78, 5) is 27.4. The molecule has 0 saturated carbocycles. The van der Waals surface area contributed by atoms with Crippen molar-refractivity contribution in [2.45, 2.75) is 64.6 Å². The van der Waals surface area contributed by atoms with E-state index in [4.69, 9.17) is 9.47 Å². The van der Waals surface area contributed by atoms with E-state index in [9.17, 15) is 9.59 Å². The highest BCUT2D eigenvalue weighted by atomic mass is 16.6. The Labute approximate surface area is 155 Å². The number of ether oxygens (including phenoxy) is 2. The number of piperidine rings is 1. The Kier molecular flexibility index (Phi) is 5.37. The van der Waals surface area contributed by atoms with Gasteiger partial charge in [-0.15, -0.1) is 0 Å². The van der Waals surface area contributed by atoms with Crippen molar-refractivity contribution < 1.29 is 19.1 Å². The molecule has 142 valence electrons. The summed E-state index contributed by atoms with van der Waals surface area (Å²) in [5.74, 6) is 0.105. The van der Waals surface area contributed by atoms with Crippen LogP contribution >= 0.6 is 0 Å². The van der Waals surface area contributed by atoms with Crippen molar-refractivity contribution in [2.75, 3.05) is 13.2 Å². The van der Waals surface area contributed by atoms with Crippen LogP contribution in [0.1, 0.15) is 56.5 Å². The molecule has 2 saturated heterocycles. The second-order valence-corrected chi connectivity index (χ2v) is 8.32. The molecular weight excluding hydrogens is 330 g/mol. The Morgan fingerprint density at radius 1 is 1.12 bits per heavy atom. The van der Waals surface area contributed by atoms with Crippen molar-refractivity contribution in [2.24, 2.45) is 5.92 Å². The van der Waals surface area contributed by atoms with Gasteiger partial charge in [-0.05, 0) is 45.6 Å². The van der Waals surface area contributed by atoms with Crippen LogP contribution in [0.2, 0.25) is 0 Å². The van der Waals surface area contributed by atoms with Crippen LogP contribution in [-0.2, 0) is 15.9 Å². The van der Waals surface area contributed by atoms with Gasteiger partial charge in [-0.1, -0.05) is 31.2 Å². The molecule has 2 aliphatic heterocycles. The lowest BCUT2D eigenvalue weighted by Gasteiger charge is -2.47. The maximum absolute atomic E-state index is 13.0. The van der Waals surface area contributed by atoms with Crippen molar-refractivity contribution in [1.82, 2.24) is 4.90 Å². The minimum Gasteiger partial charge on any atom is -0.444 e. The smallest absolute Gasteiger partial charge is 0.410 e. The van der Waals surface area contributed by atoms with Crippen LogP contribution in [0.25, 0.3) is 0 Å². The first-order valence-corrected chi connectivity index (χ1v) is 9.50. The molecule has 0 N–H and O–H groups in total. The number of hydrogen-bond donors (Lipinski definition) is 0. The van der Waals surface area contributed by atoms with Crippen molar-refractivity contribution in [3.05, 3.63) is 35.4 Å². The molecule has 0 radical (unpaired) electrons. The van der Waals surface area contributed by atoms with E-state index in [1.54, 1.807) is 4.90 Å². The maximum Gasteiger partial charge on any atom is 0.410 e. The average Bonchev–Trinajstić information content (AvgIpc) is 2.58. The number of ketones is 1. The summed E-state index contributed by atoms with van der Waals surface area (Å²) >= 11 is 0. The molecule has 1 aromatic rings. The lowest BCUT2D eigenvalue weighted by Crippen LogP contribution is -2.60. The molecule has 2 fully saturated rings. The van der Waals surface area contributed by atoms with Gasteiger partial charge in [-0.25, -0.2) is 4.79 Å². The molecule has 1 amide bonds. The molecule has 2 bridgehead atoms. The van der Waals surface area contributed by atoms with Gasteiger partial charge in [-0.3, -0.25) is 9.69 Å². The normalized spacial score (nSPS) is 25.7. The summed E-state index contributed by atoms with van der Waals surface area (Å²) in [7, 11) is 0. The Balaban J connectivity index is 1.72. The SMILES string of the molecule is CCc1ccc(C(=O)C2CC3COCC(C2)N3C(=O)OC(C)(C)C)cc1. The zero-order chi connectivity index (χ0) is 18.9. The van der Waals surface area contributed by atoms with Gasteiger partial charge >= 0.3 is 6.09 Å². The largest absolute Gasteiger partial charge is 0.444 e. The third-order valence-electron chi connectivity index (χ3n) is 5.14. The minimum absolute atomic E-state index is 0.0694. The number of hydrogen-bond acceptors (Lipinski definition) is 4.